The zero-order valence-corrected chi connectivity index (χ0v) is 14.8. The molecule has 0 atom stereocenters. The molecule has 0 bridgehead atoms. The van der Waals surface area contributed by atoms with Crippen molar-refractivity contribution in [3.05, 3.63) is 76.4 Å². The number of nitrogens with one attached hydrogen (secondary N) is 1. The lowest BCUT2D eigenvalue weighted by Crippen LogP contribution is -2.25. The van der Waals surface area contributed by atoms with Gasteiger partial charge in [-0.2, -0.15) is 0 Å². The van der Waals surface area contributed by atoms with Crippen LogP contribution in [0.3, 0.4) is 0 Å². The standard InChI is InChI=1S/C20H21N3O2/c1-13-8-9-14(2)22(13)19-7-5-6-17(11-19)20(25)21-23-15(3)10-18(12-24)16(23)4/h5-12H,1-4H3,(H,21,25). The van der Waals surface area contributed by atoms with E-state index in [9.17, 15) is 9.59 Å². The number of hydrogen-bond acceptors (Lipinski definition) is 2. The molecule has 1 N–H and O–H groups in total. The number of amides is 1. The first kappa shape index (κ1) is 16.8. The molecule has 1 aromatic carbocycles. The van der Waals surface area contributed by atoms with Gasteiger partial charge in [-0.15, -0.1) is 0 Å². The molecule has 0 saturated heterocycles. The molecule has 0 spiro atoms. The highest BCUT2D eigenvalue weighted by atomic mass is 16.2. The highest BCUT2D eigenvalue weighted by Crippen LogP contribution is 2.18. The zero-order valence-electron chi connectivity index (χ0n) is 14.8. The molecular formula is C20H21N3O2. The number of benzene rings is 1. The lowest BCUT2D eigenvalue weighted by atomic mass is 10.2. The van der Waals surface area contributed by atoms with Gasteiger partial charge in [0.05, 0.1) is 0 Å². The lowest BCUT2D eigenvalue weighted by molar-refractivity contribution is 0.101. The number of carbonyl (C=O) groups is 2. The second kappa shape index (κ2) is 6.43. The van der Waals surface area contributed by atoms with Crippen LogP contribution in [0.25, 0.3) is 5.69 Å². The van der Waals surface area contributed by atoms with Crippen molar-refractivity contribution >= 4 is 12.2 Å². The predicted molar refractivity (Wildman–Crippen MR) is 98.2 cm³/mol. The topological polar surface area (TPSA) is 56.0 Å². The minimum Gasteiger partial charge on any atom is -0.318 e. The van der Waals surface area contributed by atoms with E-state index in [2.05, 4.69) is 22.1 Å². The van der Waals surface area contributed by atoms with Crippen molar-refractivity contribution in [3.63, 3.8) is 0 Å². The molecule has 25 heavy (non-hydrogen) atoms. The van der Waals surface area contributed by atoms with Gasteiger partial charge in [0.25, 0.3) is 5.91 Å². The Hall–Kier alpha value is -3.08. The zero-order chi connectivity index (χ0) is 18.1. The molecule has 3 rings (SSSR count). The van der Waals surface area contributed by atoms with E-state index in [-0.39, 0.29) is 5.91 Å². The normalized spacial score (nSPS) is 10.7. The summed E-state index contributed by atoms with van der Waals surface area (Å²) < 4.78 is 3.75. The quantitative estimate of drug-likeness (QED) is 0.739. The van der Waals surface area contributed by atoms with E-state index in [1.165, 1.54) is 0 Å². The third-order valence-electron chi connectivity index (χ3n) is 4.45. The van der Waals surface area contributed by atoms with Gasteiger partial charge in [0.2, 0.25) is 0 Å². The Morgan fingerprint density at radius 2 is 1.64 bits per heavy atom. The number of hydrogen-bond donors (Lipinski definition) is 1. The minimum atomic E-state index is -0.219. The lowest BCUT2D eigenvalue weighted by Gasteiger charge is -2.13. The number of aromatic nitrogens is 2. The van der Waals surface area contributed by atoms with E-state index in [0.29, 0.717) is 16.8 Å². The van der Waals surface area contributed by atoms with Gasteiger partial charge in [0.15, 0.2) is 6.29 Å². The van der Waals surface area contributed by atoms with Crippen molar-refractivity contribution in [2.45, 2.75) is 27.7 Å². The average molecular weight is 335 g/mol. The van der Waals surface area contributed by atoms with E-state index in [1.54, 1.807) is 23.7 Å². The summed E-state index contributed by atoms with van der Waals surface area (Å²) in [5, 5.41) is 0. The van der Waals surface area contributed by atoms with Gasteiger partial charge in [-0.1, -0.05) is 6.07 Å². The molecule has 0 fully saturated rings. The van der Waals surface area contributed by atoms with Crippen molar-refractivity contribution in [1.82, 2.24) is 9.24 Å². The number of aryl methyl sites for hydroxylation is 3. The van der Waals surface area contributed by atoms with Crippen LogP contribution in [0.4, 0.5) is 0 Å². The molecule has 0 aliphatic heterocycles. The number of nitrogens with zero attached hydrogens (tertiary/aromatic N) is 2. The van der Waals surface area contributed by atoms with Crippen molar-refractivity contribution in [2.24, 2.45) is 0 Å². The number of rotatable bonds is 4. The smallest absolute Gasteiger partial charge is 0.270 e. The summed E-state index contributed by atoms with van der Waals surface area (Å²) in [6.07, 6.45) is 0.795. The van der Waals surface area contributed by atoms with Crippen LogP contribution in [0, 0.1) is 27.7 Å². The van der Waals surface area contributed by atoms with Crippen LogP contribution in [-0.2, 0) is 0 Å². The van der Waals surface area contributed by atoms with Gasteiger partial charge in [-0.05, 0) is 64.1 Å². The van der Waals surface area contributed by atoms with Gasteiger partial charge in [0, 0.05) is 39.6 Å². The summed E-state index contributed by atoms with van der Waals surface area (Å²) in [6.45, 7) is 7.73. The van der Waals surface area contributed by atoms with Gasteiger partial charge in [-0.25, -0.2) is 0 Å². The molecule has 1 amide bonds. The van der Waals surface area contributed by atoms with Gasteiger partial charge in [-0.3, -0.25) is 19.7 Å². The second-order valence-electron chi connectivity index (χ2n) is 6.22. The van der Waals surface area contributed by atoms with Crippen molar-refractivity contribution in [2.75, 3.05) is 5.43 Å². The van der Waals surface area contributed by atoms with Gasteiger partial charge in [0.1, 0.15) is 0 Å². The third-order valence-corrected chi connectivity index (χ3v) is 4.45. The van der Waals surface area contributed by atoms with Crippen LogP contribution in [0.15, 0.2) is 42.5 Å². The fraction of sp³-hybridized carbons (Fsp3) is 0.200. The summed E-state index contributed by atoms with van der Waals surface area (Å²) in [7, 11) is 0. The predicted octanol–water partition coefficient (Wildman–Crippen LogP) is 3.71. The van der Waals surface area contributed by atoms with E-state index in [0.717, 1.165) is 29.1 Å². The first-order valence-electron chi connectivity index (χ1n) is 8.13. The third kappa shape index (κ3) is 3.01. The maximum Gasteiger partial charge on any atom is 0.270 e. The highest BCUT2D eigenvalue weighted by molar-refractivity contribution is 6.00. The van der Waals surface area contributed by atoms with Crippen molar-refractivity contribution < 1.29 is 9.59 Å². The molecule has 3 aromatic rings. The van der Waals surface area contributed by atoms with Crippen LogP contribution in [0.2, 0.25) is 0 Å². The fourth-order valence-electron chi connectivity index (χ4n) is 3.11. The summed E-state index contributed by atoms with van der Waals surface area (Å²) in [5.41, 5.74) is 8.69. The number of aldehydes is 1. The number of carbonyl (C=O) groups excluding carboxylic acids is 2. The van der Waals surface area contributed by atoms with E-state index in [4.69, 9.17) is 0 Å². The Kier molecular flexibility index (Phi) is 4.31. The van der Waals surface area contributed by atoms with Crippen molar-refractivity contribution in [1.29, 1.82) is 0 Å². The second-order valence-corrected chi connectivity index (χ2v) is 6.22. The SMILES string of the molecule is Cc1cc(C=O)c(C)n1NC(=O)c1cccc(-n2c(C)ccc2C)c1. The van der Waals surface area contributed by atoms with Crippen LogP contribution < -0.4 is 5.43 Å². The molecule has 0 saturated carbocycles. The summed E-state index contributed by atoms with van der Waals surface area (Å²) >= 11 is 0. The summed E-state index contributed by atoms with van der Waals surface area (Å²) in [5.74, 6) is -0.219. The Bertz CT molecular complexity index is 944. The average Bonchev–Trinajstić information content (AvgIpc) is 3.07. The van der Waals surface area contributed by atoms with Gasteiger partial charge < -0.3 is 4.57 Å². The van der Waals surface area contributed by atoms with E-state index >= 15 is 0 Å². The molecular weight excluding hydrogens is 314 g/mol. The van der Waals surface area contributed by atoms with Crippen LogP contribution in [-0.4, -0.2) is 21.4 Å². The van der Waals surface area contributed by atoms with E-state index < -0.39 is 0 Å². The Balaban J connectivity index is 1.93. The monoisotopic (exact) mass is 335 g/mol. The van der Waals surface area contributed by atoms with Crippen LogP contribution in [0.1, 0.15) is 43.5 Å². The maximum atomic E-state index is 12.7. The molecule has 5 heteroatoms. The molecule has 128 valence electrons. The summed E-state index contributed by atoms with van der Waals surface area (Å²) in [4.78, 5) is 23.7. The minimum absolute atomic E-state index is 0.219. The maximum absolute atomic E-state index is 12.7. The summed E-state index contributed by atoms with van der Waals surface area (Å²) in [6, 6.07) is 13.4. The van der Waals surface area contributed by atoms with Gasteiger partial charge >= 0.3 is 0 Å². The molecule has 0 unspecified atom stereocenters. The van der Waals surface area contributed by atoms with E-state index in [1.807, 2.05) is 39.0 Å². The Morgan fingerprint density at radius 1 is 0.960 bits per heavy atom. The van der Waals surface area contributed by atoms with Crippen molar-refractivity contribution in [3.8, 4) is 5.69 Å². The highest BCUT2D eigenvalue weighted by Gasteiger charge is 2.13. The fourth-order valence-corrected chi connectivity index (χ4v) is 3.11. The largest absolute Gasteiger partial charge is 0.318 e. The van der Waals surface area contributed by atoms with Crippen LogP contribution in [0.5, 0.6) is 0 Å². The van der Waals surface area contributed by atoms with Crippen LogP contribution >= 0.6 is 0 Å². The molecule has 0 aliphatic carbocycles. The molecule has 0 aliphatic rings. The molecule has 5 nitrogen and oxygen atoms in total. The first-order valence-corrected chi connectivity index (χ1v) is 8.13. The first-order chi connectivity index (χ1) is 11.9. The molecule has 2 aromatic heterocycles. The Morgan fingerprint density at radius 3 is 2.24 bits per heavy atom. The molecule has 2 heterocycles. The Labute approximate surface area is 146 Å². The molecule has 0 radical (unpaired) electrons.